The van der Waals surface area contributed by atoms with Gasteiger partial charge in [-0.15, -0.1) is 0 Å². The van der Waals surface area contributed by atoms with Gasteiger partial charge in [0.2, 0.25) is 12.7 Å². The fraction of sp³-hybridized carbons (Fsp3) is 0.150. The van der Waals surface area contributed by atoms with E-state index in [-0.39, 0.29) is 18.4 Å². The van der Waals surface area contributed by atoms with E-state index in [1.165, 1.54) is 0 Å². The van der Waals surface area contributed by atoms with Gasteiger partial charge in [-0.2, -0.15) is 0 Å². The highest BCUT2D eigenvalue weighted by atomic mass is 16.7. The van der Waals surface area contributed by atoms with Crippen molar-refractivity contribution in [2.24, 2.45) is 0 Å². The number of aromatic amines is 2. The molecule has 1 aliphatic rings. The van der Waals surface area contributed by atoms with Gasteiger partial charge >= 0.3 is 5.69 Å². The van der Waals surface area contributed by atoms with Gasteiger partial charge in [0, 0.05) is 12.0 Å². The van der Waals surface area contributed by atoms with Crippen LogP contribution in [-0.2, 0) is 15.9 Å². The molecule has 7 heteroatoms. The van der Waals surface area contributed by atoms with Gasteiger partial charge in [-0.25, -0.2) is 4.79 Å². The minimum Gasteiger partial charge on any atom is -0.493 e. The molecule has 1 aromatic heterocycles. The van der Waals surface area contributed by atoms with Gasteiger partial charge in [0.15, 0.2) is 5.76 Å². The first-order valence-electron chi connectivity index (χ1n) is 8.44. The quantitative estimate of drug-likeness (QED) is 0.555. The number of aliphatic hydroxyl groups is 1. The molecule has 0 amide bonds. The summed E-state index contributed by atoms with van der Waals surface area (Å²) in [6, 6.07) is 17.0. The average Bonchev–Trinajstić information content (AvgIpc) is 3.28. The van der Waals surface area contributed by atoms with Gasteiger partial charge in [-0.1, -0.05) is 54.6 Å². The first kappa shape index (κ1) is 17.0. The lowest BCUT2D eigenvalue weighted by Gasteiger charge is -2.11. The van der Waals surface area contributed by atoms with Crippen LogP contribution in [0.15, 0.2) is 65.2 Å². The molecule has 1 aliphatic heterocycles. The maximum absolute atomic E-state index is 11.2. The summed E-state index contributed by atoms with van der Waals surface area (Å²) in [4.78, 5) is 15.8. The molecule has 0 spiro atoms. The first-order chi connectivity index (χ1) is 13.1. The number of benzene rings is 2. The van der Waals surface area contributed by atoms with Crippen LogP contribution >= 0.6 is 0 Å². The Morgan fingerprint density at radius 2 is 1.74 bits per heavy atom. The first-order valence-corrected chi connectivity index (χ1v) is 8.44. The Bertz CT molecular complexity index is 1020. The van der Waals surface area contributed by atoms with Crippen LogP contribution in [-0.4, -0.2) is 27.0 Å². The standard InChI is InChI=1S/C20H18N2O5/c23-17(16-19(24)22-20(25)21-16)13-6-8-14(9-7-13)18-15(26-11-27-18)10-12-4-2-1-3-5-12/h1-9,17,23-24H,10-11H2,(H2,21,22,25). The lowest BCUT2D eigenvalue weighted by Crippen LogP contribution is -2.05. The van der Waals surface area contributed by atoms with Crippen molar-refractivity contribution in [1.82, 2.24) is 9.97 Å². The van der Waals surface area contributed by atoms with Gasteiger partial charge in [0.05, 0.1) is 0 Å². The molecule has 3 aromatic rings. The smallest absolute Gasteiger partial charge is 0.326 e. The normalized spacial score (nSPS) is 14.7. The zero-order chi connectivity index (χ0) is 18.8. The van der Waals surface area contributed by atoms with E-state index in [1.54, 1.807) is 24.3 Å². The van der Waals surface area contributed by atoms with E-state index in [1.807, 2.05) is 30.3 Å². The highest BCUT2D eigenvalue weighted by Gasteiger charge is 2.21. The Kier molecular flexibility index (Phi) is 4.43. The predicted molar refractivity (Wildman–Crippen MR) is 97.7 cm³/mol. The molecule has 1 atom stereocenters. The third-order valence-corrected chi connectivity index (χ3v) is 4.39. The molecule has 2 heterocycles. The zero-order valence-corrected chi connectivity index (χ0v) is 14.3. The predicted octanol–water partition coefficient (Wildman–Crippen LogP) is 2.41. The molecular weight excluding hydrogens is 348 g/mol. The fourth-order valence-corrected chi connectivity index (χ4v) is 3.03. The summed E-state index contributed by atoms with van der Waals surface area (Å²) in [5.74, 6) is 1.04. The maximum Gasteiger partial charge on any atom is 0.326 e. The van der Waals surface area contributed by atoms with Crippen molar-refractivity contribution in [2.75, 3.05) is 6.79 Å². The Morgan fingerprint density at radius 3 is 2.41 bits per heavy atom. The van der Waals surface area contributed by atoms with Crippen molar-refractivity contribution < 1.29 is 19.7 Å². The third kappa shape index (κ3) is 3.45. The van der Waals surface area contributed by atoms with Crippen molar-refractivity contribution >= 4 is 5.76 Å². The van der Waals surface area contributed by atoms with Crippen LogP contribution in [0, 0.1) is 0 Å². The van der Waals surface area contributed by atoms with Gasteiger partial charge in [0.25, 0.3) is 0 Å². The Hall–Kier alpha value is -3.45. The number of ether oxygens (including phenoxy) is 2. The van der Waals surface area contributed by atoms with Crippen LogP contribution in [0.25, 0.3) is 5.76 Å². The summed E-state index contributed by atoms with van der Waals surface area (Å²) in [6.45, 7) is 0.167. The van der Waals surface area contributed by atoms with E-state index in [4.69, 9.17) is 9.47 Å². The number of nitrogens with one attached hydrogen (secondary N) is 2. The molecule has 0 saturated heterocycles. The lowest BCUT2D eigenvalue weighted by molar-refractivity contribution is 0.0857. The summed E-state index contributed by atoms with van der Waals surface area (Å²) < 4.78 is 11.3. The molecule has 1 unspecified atom stereocenters. The molecule has 4 rings (SSSR count). The number of rotatable bonds is 5. The van der Waals surface area contributed by atoms with Crippen LogP contribution in [0.3, 0.4) is 0 Å². The number of aliphatic hydroxyl groups excluding tert-OH is 1. The van der Waals surface area contributed by atoms with E-state index in [0.717, 1.165) is 16.9 Å². The Labute approximate surface area is 154 Å². The average molecular weight is 366 g/mol. The van der Waals surface area contributed by atoms with Crippen molar-refractivity contribution in [3.8, 4) is 5.88 Å². The number of imidazole rings is 1. The zero-order valence-electron chi connectivity index (χ0n) is 14.3. The number of hydrogen-bond acceptors (Lipinski definition) is 5. The minimum atomic E-state index is -1.16. The summed E-state index contributed by atoms with van der Waals surface area (Å²) in [6.07, 6.45) is -0.532. The van der Waals surface area contributed by atoms with Crippen LogP contribution in [0.1, 0.15) is 28.5 Å². The molecule has 2 aromatic carbocycles. The minimum absolute atomic E-state index is 0.0252. The summed E-state index contributed by atoms with van der Waals surface area (Å²) in [7, 11) is 0. The summed E-state index contributed by atoms with van der Waals surface area (Å²) in [5, 5.41) is 20.0. The van der Waals surface area contributed by atoms with Crippen LogP contribution in [0.4, 0.5) is 0 Å². The largest absolute Gasteiger partial charge is 0.493 e. The number of aromatic nitrogens is 2. The second-order valence-electron chi connectivity index (χ2n) is 6.19. The van der Waals surface area contributed by atoms with Crippen molar-refractivity contribution in [3.63, 3.8) is 0 Å². The molecule has 0 fully saturated rings. The highest BCUT2D eigenvalue weighted by molar-refractivity contribution is 5.63. The lowest BCUT2D eigenvalue weighted by atomic mass is 10.0. The Morgan fingerprint density at radius 1 is 1.00 bits per heavy atom. The number of hydrogen-bond donors (Lipinski definition) is 4. The number of aromatic hydroxyl groups is 1. The number of H-pyrrole nitrogens is 2. The second-order valence-corrected chi connectivity index (χ2v) is 6.19. The van der Waals surface area contributed by atoms with Crippen LogP contribution in [0.5, 0.6) is 5.88 Å². The van der Waals surface area contributed by atoms with E-state index < -0.39 is 11.8 Å². The van der Waals surface area contributed by atoms with E-state index >= 15 is 0 Å². The molecule has 0 bridgehead atoms. The molecular formula is C20H18N2O5. The monoisotopic (exact) mass is 366 g/mol. The van der Waals surface area contributed by atoms with Gasteiger partial charge in [0.1, 0.15) is 17.6 Å². The summed E-state index contributed by atoms with van der Waals surface area (Å²) in [5.41, 5.74) is 1.91. The van der Waals surface area contributed by atoms with Gasteiger partial charge in [-0.3, -0.25) is 4.98 Å². The second kappa shape index (κ2) is 7.05. The molecule has 7 nitrogen and oxygen atoms in total. The molecule has 0 saturated carbocycles. The van der Waals surface area contributed by atoms with E-state index in [0.29, 0.717) is 17.7 Å². The number of allylic oxidation sites excluding steroid dienone is 1. The topological polar surface area (TPSA) is 108 Å². The molecule has 138 valence electrons. The Balaban J connectivity index is 1.58. The van der Waals surface area contributed by atoms with E-state index in [2.05, 4.69) is 9.97 Å². The molecule has 4 N–H and O–H groups in total. The third-order valence-electron chi connectivity index (χ3n) is 4.39. The molecule has 27 heavy (non-hydrogen) atoms. The SMILES string of the molecule is O=c1[nH]c(O)c(C(O)c2ccc(C3=C(Cc4ccccc4)OCO3)cc2)[nH]1. The van der Waals surface area contributed by atoms with Crippen LogP contribution < -0.4 is 5.69 Å². The maximum atomic E-state index is 11.2. The van der Waals surface area contributed by atoms with Gasteiger partial charge < -0.3 is 24.7 Å². The van der Waals surface area contributed by atoms with Crippen molar-refractivity contribution in [1.29, 1.82) is 0 Å². The van der Waals surface area contributed by atoms with Crippen molar-refractivity contribution in [3.05, 3.63) is 93.2 Å². The van der Waals surface area contributed by atoms with E-state index in [9.17, 15) is 15.0 Å². The van der Waals surface area contributed by atoms with Crippen LogP contribution in [0.2, 0.25) is 0 Å². The van der Waals surface area contributed by atoms with Gasteiger partial charge in [-0.05, 0) is 11.1 Å². The summed E-state index contributed by atoms with van der Waals surface area (Å²) >= 11 is 0. The van der Waals surface area contributed by atoms with Crippen molar-refractivity contribution in [2.45, 2.75) is 12.5 Å². The highest BCUT2D eigenvalue weighted by Crippen LogP contribution is 2.31. The molecule has 0 radical (unpaired) electrons. The molecule has 0 aliphatic carbocycles. The fourth-order valence-electron chi connectivity index (χ4n) is 3.03.